The van der Waals surface area contributed by atoms with Crippen molar-refractivity contribution in [2.75, 3.05) is 6.54 Å². The summed E-state index contributed by atoms with van der Waals surface area (Å²) in [5.74, 6) is -0.00230. The minimum absolute atomic E-state index is 0.0288. The van der Waals surface area contributed by atoms with Crippen molar-refractivity contribution in [2.24, 2.45) is 0 Å². The van der Waals surface area contributed by atoms with Crippen molar-refractivity contribution in [3.8, 4) is 0 Å². The molecule has 1 amide bonds. The van der Waals surface area contributed by atoms with Crippen LogP contribution in [0.4, 0.5) is 0 Å². The Morgan fingerprint density at radius 3 is 2.29 bits per heavy atom. The van der Waals surface area contributed by atoms with Gasteiger partial charge in [0.1, 0.15) is 0 Å². The highest BCUT2D eigenvalue weighted by molar-refractivity contribution is 6.05. The number of hydrogen-bond acceptors (Lipinski definition) is 3. The molecule has 0 spiro atoms. The topological polar surface area (TPSA) is 57.6 Å². The Bertz CT molecular complexity index is 256. The maximum absolute atomic E-state index is 11.4. The minimum Gasteiger partial charge on any atom is -0.393 e. The van der Waals surface area contributed by atoms with Crippen molar-refractivity contribution >= 4 is 11.7 Å². The first-order valence-corrected chi connectivity index (χ1v) is 5.16. The fourth-order valence-electron chi connectivity index (χ4n) is 2.31. The maximum Gasteiger partial charge on any atom is 0.230 e. The zero-order chi connectivity index (χ0) is 10.1. The van der Waals surface area contributed by atoms with Crippen LogP contribution in [0.3, 0.4) is 0 Å². The van der Waals surface area contributed by atoms with Gasteiger partial charge in [0.05, 0.1) is 19.1 Å². The van der Waals surface area contributed by atoms with Gasteiger partial charge in [0.2, 0.25) is 5.91 Å². The molecule has 14 heavy (non-hydrogen) atoms. The smallest absolute Gasteiger partial charge is 0.230 e. The molecule has 0 bridgehead atoms. The van der Waals surface area contributed by atoms with Crippen LogP contribution in [-0.4, -0.2) is 40.4 Å². The Morgan fingerprint density at radius 1 is 1.14 bits per heavy atom. The summed E-state index contributed by atoms with van der Waals surface area (Å²) in [5.41, 5.74) is 0. The van der Waals surface area contributed by atoms with Gasteiger partial charge in [-0.25, -0.2) is 0 Å². The number of likely N-dealkylation sites (tertiary alicyclic amines) is 1. The summed E-state index contributed by atoms with van der Waals surface area (Å²) in [6, 6.07) is 0.192. The van der Waals surface area contributed by atoms with Crippen LogP contribution in [0.1, 0.15) is 32.1 Å². The molecule has 0 aromatic rings. The van der Waals surface area contributed by atoms with Crippen LogP contribution >= 0.6 is 0 Å². The highest BCUT2D eigenvalue weighted by Gasteiger charge is 2.34. The van der Waals surface area contributed by atoms with E-state index in [-0.39, 0.29) is 30.3 Å². The first kappa shape index (κ1) is 9.65. The lowest BCUT2D eigenvalue weighted by Gasteiger charge is -2.32. The number of carbonyl (C=O) groups excluding carboxylic acids is 2. The SMILES string of the molecule is O=C1CC(=O)N(C2CCC(O)CC2)C1. The van der Waals surface area contributed by atoms with Gasteiger partial charge < -0.3 is 10.0 Å². The van der Waals surface area contributed by atoms with Crippen molar-refractivity contribution in [1.82, 2.24) is 4.90 Å². The standard InChI is InChI=1S/C10H15NO3/c12-8-3-1-7(2-4-8)11-6-9(13)5-10(11)14/h7-8,12H,1-6H2. The summed E-state index contributed by atoms with van der Waals surface area (Å²) in [7, 11) is 0. The molecule has 0 radical (unpaired) electrons. The van der Waals surface area contributed by atoms with Crippen LogP contribution in [-0.2, 0) is 9.59 Å². The number of hydrogen-bond donors (Lipinski definition) is 1. The first-order valence-electron chi connectivity index (χ1n) is 5.16. The molecule has 4 nitrogen and oxygen atoms in total. The number of carbonyl (C=O) groups is 2. The van der Waals surface area contributed by atoms with Gasteiger partial charge in [0, 0.05) is 6.04 Å². The van der Waals surface area contributed by atoms with E-state index < -0.39 is 0 Å². The van der Waals surface area contributed by atoms with Crippen LogP contribution in [0.5, 0.6) is 0 Å². The Morgan fingerprint density at radius 2 is 1.79 bits per heavy atom. The second kappa shape index (κ2) is 3.69. The van der Waals surface area contributed by atoms with Gasteiger partial charge in [-0.15, -0.1) is 0 Å². The normalized spacial score (nSPS) is 33.9. The number of amides is 1. The van der Waals surface area contributed by atoms with E-state index in [1.165, 1.54) is 0 Å². The van der Waals surface area contributed by atoms with Gasteiger partial charge in [-0.1, -0.05) is 0 Å². The van der Waals surface area contributed by atoms with E-state index in [0.717, 1.165) is 25.7 Å². The van der Waals surface area contributed by atoms with Crippen LogP contribution in [0.15, 0.2) is 0 Å². The second-order valence-corrected chi connectivity index (χ2v) is 4.20. The zero-order valence-electron chi connectivity index (χ0n) is 8.11. The molecule has 0 atom stereocenters. The van der Waals surface area contributed by atoms with E-state index in [0.29, 0.717) is 6.54 Å². The molecular weight excluding hydrogens is 182 g/mol. The number of nitrogens with zero attached hydrogens (tertiary/aromatic N) is 1. The van der Waals surface area contributed by atoms with E-state index in [1.807, 2.05) is 0 Å². The summed E-state index contributed by atoms with van der Waals surface area (Å²) < 4.78 is 0. The number of rotatable bonds is 1. The predicted octanol–water partition coefficient (Wildman–Crippen LogP) is 0.0913. The fourth-order valence-corrected chi connectivity index (χ4v) is 2.31. The fraction of sp³-hybridized carbons (Fsp3) is 0.800. The third kappa shape index (κ3) is 1.80. The quantitative estimate of drug-likeness (QED) is 0.606. The molecule has 1 N–H and O–H groups in total. The lowest BCUT2D eigenvalue weighted by molar-refractivity contribution is -0.130. The van der Waals surface area contributed by atoms with Crippen molar-refractivity contribution < 1.29 is 14.7 Å². The first-order chi connectivity index (χ1) is 6.66. The van der Waals surface area contributed by atoms with Crippen molar-refractivity contribution in [3.63, 3.8) is 0 Å². The minimum atomic E-state index is -0.209. The van der Waals surface area contributed by atoms with Gasteiger partial charge >= 0.3 is 0 Å². The van der Waals surface area contributed by atoms with E-state index in [2.05, 4.69) is 0 Å². The zero-order valence-corrected chi connectivity index (χ0v) is 8.11. The van der Waals surface area contributed by atoms with Crippen molar-refractivity contribution in [1.29, 1.82) is 0 Å². The summed E-state index contributed by atoms with van der Waals surface area (Å²) >= 11 is 0. The summed E-state index contributed by atoms with van der Waals surface area (Å²) in [6.45, 7) is 0.291. The van der Waals surface area contributed by atoms with Gasteiger partial charge in [0.25, 0.3) is 0 Å². The van der Waals surface area contributed by atoms with Gasteiger partial charge in [-0.05, 0) is 25.7 Å². The number of aliphatic hydroxyl groups is 1. The third-order valence-corrected chi connectivity index (χ3v) is 3.12. The molecule has 1 saturated heterocycles. The van der Waals surface area contributed by atoms with Crippen LogP contribution in [0.25, 0.3) is 0 Å². The van der Waals surface area contributed by atoms with E-state index in [1.54, 1.807) is 4.90 Å². The second-order valence-electron chi connectivity index (χ2n) is 4.20. The van der Waals surface area contributed by atoms with Crippen molar-refractivity contribution in [3.05, 3.63) is 0 Å². The Labute approximate surface area is 82.9 Å². The van der Waals surface area contributed by atoms with Gasteiger partial charge in [-0.3, -0.25) is 9.59 Å². The highest BCUT2D eigenvalue weighted by atomic mass is 16.3. The molecule has 1 aliphatic carbocycles. The van der Waals surface area contributed by atoms with E-state index in [4.69, 9.17) is 0 Å². The molecule has 0 aromatic heterocycles. The van der Waals surface area contributed by atoms with Crippen molar-refractivity contribution in [2.45, 2.75) is 44.2 Å². The average molecular weight is 197 g/mol. The molecule has 0 aromatic carbocycles. The molecular formula is C10H15NO3. The molecule has 0 unspecified atom stereocenters. The molecule has 4 heteroatoms. The lowest BCUT2D eigenvalue weighted by Crippen LogP contribution is -2.40. The number of ketones is 1. The monoisotopic (exact) mass is 197 g/mol. The number of Topliss-reactive ketones (excluding diaryl/α,β-unsaturated/α-hetero) is 1. The van der Waals surface area contributed by atoms with Gasteiger partial charge in [0.15, 0.2) is 5.78 Å². The number of aliphatic hydroxyl groups excluding tert-OH is 1. The molecule has 1 heterocycles. The maximum atomic E-state index is 11.4. The molecule has 2 rings (SSSR count). The van der Waals surface area contributed by atoms with Crippen LogP contribution < -0.4 is 0 Å². The predicted molar refractivity (Wildman–Crippen MR) is 49.6 cm³/mol. The molecule has 78 valence electrons. The third-order valence-electron chi connectivity index (χ3n) is 3.12. The summed E-state index contributed by atoms with van der Waals surface area (Å²) in [5, 5.41) is 9.32. The lowest BCUT2D eigenvalue weighted by atomic mass is 9.92. The molecule has 1 aliphatic heterocycles. The highest BCUT2D eigenvalue weighted by Crippen LogP contribution is 2.25. The summed E-state index contributed by atoms with van der Waals surface area (Å²) in [6.07, 6.45) is 3.05. The Balaban J connectivity index is 1.95. The average Bonchev–Trinajstić information content (AvgIpc) is 2.47. The van der Waals surface area contributed by atoms with E-state index in [9.17, 15) is 14.7 Å². The summed E-state index contributed by atoms with van der Waals surface area (Å²) in [4.78, 5) is 24.2. The molecule has 2 fully saturated rings. The van der Waals surface area contributed by atoms with Crippen LogP contribution in [0, 0.1) is 0 Å². The Kier molecular flexibility index (Phi) is 2.54. The largest absolute Gasteiger partial charge is 0.393 e. The Hall–Kier alpha value is -0.900. The molecule has 1 saturated carbocycles. The molecule has 2 aliphatic rings. The van der Waals surface area contributed by atoms with Gasteiger partial charge in [-0.2, -0.15) is 0 Å². The van der Waals surface area contributed by atoms with Crippen LogP contribution in [0.2, 0.25) is 0 Å². The van der Waals surface area contributed by atoms with E-state index >= 15 is 0 Å².